The molecule has 0 aromatic carbocycles. The van der Waals surface area contributed by atoms with Crippen molar-refractivity contribution in [1.29, 1.82) is 0 Å². The maximum absolute atomic E-state index is 8.75. The van der Waals surface area contributed by atoms with Crippen molar-refractivity contribution in [3.8, 4) is 0 Å². The molecule has 0 saturated carbocycles. The monoisotopic (exact) mass is 217 g/mol. The van der Waals surface area contributed by atoms with Crippen molar-refractivity contribution in [2.24, 2.45) is 5.73 Å². The number of nitrogens with zero attached hydrogens (tertiary/aromatic N) is 2. The summed E-state index contributed by atoms with van der Waals surface area (Å²) in [4.78, 5) is 4.07. The van der Waals surface area contributed by atoms with Crippen molar-refractivity contribution in [2.45, 2.75) is 25.1 Å². The van der Waals surface area contributed by atoms with Crippen molar-refractivity contribution >= 4 is 11.8 Å². The van der Waals surface area contributed by atoms with E-state index in [0.717, 1.165) is 17.9 Å². The van der Waals surface area contributed by atoms with Gasteiger partial charge in [0.1, 0.15) is 6.04 Å². The third-order valence-corrected chi connectivity index (χ3v) is 2.74. The lowest BCUT2D eigenvalue weighted by Gasteiger charge is -1.98. The minimum absolute atomic E-state index is 0.177. The lowest BCUT2D eigenvalue weighted by molar-refractivity contribution is 0.236. The number of thioether (sulfide) groups is 1. The molecule has 0 amide bonds. The summed E-state index contributed by atoms with van der Waals surface area (Å²) in [5.41, 5.74) is 5.51. The van der Waals surface area contributed by atoms with Gasteiger partial charge in [-0.15, -0.1) is 0 Å². The van der Waals surface area contributed by atoms with Crippen LogP contribution in [0.1, 0.15) is 31.1 Å². The highest BCUT2D eigenvalue weighted by Crippen LogP contribution is 2.12. The number of aromatic nitrogens is 2. The summed E-state index contributed by atoms with van der Waals surface area (Å²) in [6.45, 7) is 1.94. The van der Waals surface area contributed by atoms with Crippen LogP contribution in [-0.2, 0) is 5.75 Å². The van der Waals surface area contributed by atoms with Crippen LogP contribution in [0.15, 0.2) is 4.52 Å². The van der Waals surface area contributed by atoms with E-state index in [4.69, 9.17) is 15.4 Å². The molecule has 6 heteroatoms. The molecule has 0 fully saturated rings. The van der Waals surface area contributed by atoms with E-state index in [1.54, 1.807) is 11.8 Å². The molecule has 14 heavy (non-hydrogen) atoms. The Hall–Kier alpha value is -0.590. The summed E-state index contributed by atoms with van der Waals surface area (Å²) in [5.74, 6) is 2.76. The number of rotatable bonds is 6. The van der Waals surface area contributed by atoms with E-state index in [-0.39, 0.29) is 6.61 Å². The number of aliphatic hydroxyl groups excluding tert-OH is 1. The quantitative estimate of drug-likeness (QED) is 0.682. The normalized spacial score (nSPS) is 13.1. The average Bonchev–Trinajstić information content (AvgIpc) is 2.66. The van der Waals surface area contributed by atoms with Gasteiger partial charge in [0.2, 0.25) is 5.89 Å². The van der Waals surface area contributed by atoms with E-state index in [0.29, 0.717) is 11.7 Å². The first kappa shape index (κ1) is 11.5. The highest BCUT2D eigenvalue weighted by Gasteiger charge is 2.13. The highest BCUT2D eigenvalue weighted by atomic mass is 32.2. The molecule has 1 heterocycles. The highest BCUT2D eigenvalue weighted by molar-refractivity contribution is 7.98. The van der Waals surface area contributed by atoms with Gasteiger partial charge in [0, 0.05) is 0 Å². The minimum atomic E-state index is -0.563. The molecule has 5 nitrogen and oxygen atoms in total. The topological polar surface area (TPSA) is 85.2 Å². The molecule has 3 N–H and O–H groups in total. The van der Waals surface area contributed by atoms with Crippen molar-refractivity contribution in [3.63, 3.8) is 0 Å². The zero-order valence-electron chi connectivity index (χ0n) is 8.14. The summed E-state index contributed by atoms with van der Waals surface area (Å²) in [7, 11) is 0. The molecule has 0 radical (unpaired) electrons. The van der Waals surface area contributed by atoms with Gasteiger partial charge in [-0.3, -0.25) is 0 Å². The van der Waals surface area contributed by atoms with Crippen molar-refractivity contribution in [3.05, 3.63) is 11.7 Å². The molecular weight excluding hydrogens is 202 g/mol. The number of hydrogen-bond acceptors (Lipinski definition) is 6. The summed E-state index contributed by atoms with van der Waals surface area (Å²) in [6.07, 6.45) is 1.13. The number of aliphatic hydroxyl groups is 1. The van der Waals surface area contributed by atoms with Crippen LogP contribution in [0.25, 0.3) is 0 Å². The Morgan fingerprint density at radius 2 is 2.43 bits per heavy atom. The molecule has 0 aliphatic rings. The van der Waals surface area contributed by atoms with E-state index in [2.05, 4.69) is 17.1 Å². The lowest BCUT2D eigenvalue weighted by atomic mass is 10.3. The van der Waals surface area contributed by atoms with Crippen LogP contribution in [-0.4, -0.2) is 27.6 Å². The SMILES string of the molecule is CCCSCc1noc([C@@H](N)CO)n1. The fourth-order valence-corrected chi connectivity index (χ4v) is 1.60. The van der Waals surface area contributed by atoms with E-state index >= 15 is 0 Å². The molecule has 0 aliphatic heterocycles. The van der Waals surface area contributed by atoms with Crippen molar-refractivity contribution in [2.75, 3.05) is 12.4 Å². The Bertz CT molecular complexity index is 267. The molecule has 1 rings (SSSR count). The first-order valence-electron chi connectivity index (χ1n) is 4.54. The van der Waals surface area contributed by atoms with Gasteiger partial charge in [0.05, 0.1) is 12.4 Å². The van der Waals surface area contributed by atoms with E-state index in [9.17, 15) is 0 Å². The smallest absolute Gasteiger partial charge is 0.245 e. The fourth-order valence-electron chi connectivity index (χ4n) is 0.863. The zero-order chi connectivity index (χ0) is 10.4. The van der Waals surface area contributed by atoms with Crippen LogP contribution < -0.4 is 5.73 Å². The van der Waals surface area contributed by atoms with Crippen LogP contribution in [0.4, 0.5) is 0 Å². The second kappa shape index (κ2) is 6.00. The van der Waals surface area contributed by atoms with Crippen LogP contribution in [0.2, 0.25) is 0 Å². The summed E-state index contributed by atoms with van der Waals surface area (Å²) >= 11 is 1.75. The zero-order valence-corrected chi connectivity index (χ0v) is 8.96. The Balaban J connectivity index is 2.42. The van der Waals surface area contributed by atoms with E-state index < -0.39 is 6.04 Å². The predicted octanol–water partition coefficient (Wildman–Crippen LogP) is 0.705. The van der Waals surface area contributed by atoms with Gasteiger partial charge in [0.15, 0.2) is 5.82 Å². The van der Waals surface area contributed by atoms with Crippen LogP contribution in [0, 0.1) is 0 Å². The van der Waals surface area contributed by atoms with Crippen LogP contribution in [0.5, 0.6) is 0 Å². The molecule has 1 atom stereocenters. The van der Waals surface area contributed by atoms with Gasteiger partial charge in [-0.2, -0.15) is 16.7 Å². The molecule has 1 aromatic heterocycles. The Morgan fingerprint density at radius 1 is 1.64 bits per heavy atom. The Morgan fingerprint density at radius 3 is 3.07 bits per heavy atom. The van der Waals surface area contributed by atoms with Gasteiger partial charge < -0.3 is 15.4 Å². The molecule has 0 aliphatic carbocycles. The molecular formula is C8H15N3O2S. The first-order valence-corrected chi connectivity index (χ1v) is 5.70. The molecule has 1 aromatic rings. The molecule has 80 valence electrons. The first-order chi connectivity index (χ1) is 6.77. The Kier molecular flexibility index (Phi) is 4.92. The molecule has 0 bridgehead atoms. The van der Waals surface area contributed by atoms with Crippen LogP contribution in [0.3, 0.4) is 0 Å². The fraction of sp³-hybridized carbons (Fsp3) is 0.750. The van der Waals surface area contributed by atoms with Crippen LogP contribution >= 0.6 is 11.8 Å². The van der Waals surface area contributed by atoms with E-state index in [1.165, 1.54) is 0 Å². The molecule has 0 saturated heterocycles. The maximum atomic E-state index is 8.75. The Labute approximate surface area is 87.1 Å². The van der Waals surface area contributed by atoms with Gasteiger partial charge in [-0.05, 0) is 12.2 Å². The summed E-state index contributed by atoms with van der Waals surface area (Å²) in [6, 6.07) is -0.563. The van der Waals surface area contributed by atoms with E-state index in [1.807, 2.05) is 0 Å². The third-order valence-electron chi connectivity index (χ3n) is 1.58. The number of hydrogen-bond donors (Lipinski definition) is 2. The standard InChI is InChI=1S/C8H15N3O2S/c1-2-3-14-5-7-10-8(13-11-7)6(9)4-12/h6,12H,2-5,9H2,1H3/t6-/m0/s1. The largest absolute Gasteiger partial charge is 0.394 e. The van der Waals surface area contributed by atoms with Gasteiger partial charge in [0.25, 0.3) is 0 Å². The molecule has 0 spiro atoms. The minimum Gasteiger partial charge on any atom is -0.394 e. The van der Waals surface area contributed by atoms with Gasteiger partial charge in [-0.1, -0.05) is 12.1 Å². The lowest BCUT2D eigenvalue weighted by Crippen LogP contribution is -2.14. The van der Waals surface area contributed by atoms with Crippen molar-refractivity contribution < 1.29 is 9.63 Å². The second-order valence-electron chi connectivity index (χ2n) is 2.89. The summed E-state index contributed by atoms with van der Waals surface area (Å²) in [5, 5.41) is 12.5. The predicted molar refractivity (Wildman–Crippen MR) is 54.8 cm³/mol. The van der Waals surface area contributed by atoms with Gasteiger partial charge in [-0.25, -0.2) is 0 Å². The average molecular weight is 217 g/mol. The maximum Gasteiger partial charge on any atom is 0.245 e. The van der Waals surface area contributed by atoms with Crippen molar-refractivity contribution in [1.82, 2.24) is 10.1 Å². The number of nitrogens with two attached hydrogens (primary N) is 1. The molecule has 0 unspecified atom stereocenters. The third kappa shape index (κ3) is 3.28. The van der Waals surface area contributed by atoms with Gasteiger partial charge >= 0.3 is 0 Å². The summed E-state index contributed by atoms with van der Waals surface area (Å²) < 4.78 is 4.89. The second-order valence-corrected chi connectivity index (χ2v) is 4.00.